The van der Waals surface area contributed by atoms with Crippen molar-refractivity contribution in [2.45, 2.75) is 37.6 Å². The first kappa shape index (κ1) is 18.9. The van der Waals surface area contributed by atoms with E-state index in [0.717, 1.165) is 33.9 Å². The van der Waals surface area contributed by atoms with E-state index in [1.54, 1.807) is 17.4 Å². The monoisotopic (exact) mass is 438 g/mol. The fraction of sp³-hybridized carbons (Fsp3) is 0.333. The summed E-state index contributed by atoms with van der Waals surface area (Å²) in [6.07, 6.45) is 6.04. The molecule has 27 heavy (non-hydrogen) atoms. The summed E-state index contributed by atoms with van der Waals surface area (Å²) in [4.78, 5) is 28.1. The van der Waals surface area contributed by atoms with Crippen molar-refractivity contribution in [1.29, 1.82) is 0 Å². The van der Waals surface area contributed by atoms with Gasteiger partial charge in [0.25, 0.3) is 0 Å². The maximum absolute atomic E-state index is 12.4. The van der Waals surface area contributed by atoms with Crippen molar-refractivity contribution >= 4 is 68.2 Å². The van der Waals surface area contributed by atoms with E-state index in [2.05, 4.69) is 20.3 Å². The zero-order valence-electron chi connectivity index (χ0n) is 14.5. The van der Waals surface area contributed by atoms with Crippen LogP contribution in [0, 0.1) is 6.92 Å². The quantitative estimate of drug-likeness (QED) is 0.441. The Balaban J connectivity index is 1.54. The lowest BCUT2D eigenvalue weighted by molar-refractivity contribution is -0.113. The van der Waals surface area contributed by atoms with E-state index in [0.29, 0.717) is 15.9 Å². The maximum Gasteiger partial charge on any atom is 0.235 e. The molecular formula is C18H16Cl2N4OS2. The van der Waals surface area contributed by atoms with Gasteiger partial charge in [0, 0.05) is 16.5 Å². The molecule has 0 spiro atoms. The molecular weight excluding hydrogens is 423 g/mol. The highest BCUT2D eigenvalue weighted by Crippen LogP contribution is 2.39. The predicted octanol–water partition coefficient (Wildman–Crippen LogP) is 5.31. The lowest BCUT2D eigenvalue weighted by Crippen LogP contribution is -2.15. The number of nitrogens with zero attached hydrogens (tertiary/aromatic N) is 3. The Bertz CT molecular complexity index is 1040. The number of aromatic nitrogens is 3. The molecule has 0 bridgehead atoms. The summed E-state index contributed by atoms with van der Waals surface area (Å²) >= 11 is 15.1. The molecule has 3 heterocycles. The number of thiophene rings is 1. The van der Waals surface area contributed by atoms with Crippen molar-refractivity contribution in [3.63, 3.8) is 0 Å². The number of hydrogen-bond donors (Lipinski definition) is 1. The molecule has 1 aliphatic rings. The molecule has 9 heteroatoms. The third kappa shape index (κ3) is 4.06. The van der Waals surface area contributed by atoms with Crippen molar-refractivity contribution in [3.8, 4) is 0 Å². The molecule has 0 fully saturated rings. The van der Waals surface area contributed by atoms with Crippen LogP contribution >= 0.6 is 46.3 Å². The Morgan fingerprint density at radius 2 is 2.11 bits per heavy atom. The molecule has 1 amide bonds. The summed E-state index contributed by atoms with van der Waals surface area (Å²) < 4.78 is 0. The number of fused-ring (bicyclic) bond motifs is 3. The van der Waals surface area contributed by atoms with E-state index in [-0.39, 0.29) is 11.7 Å². The summed E-state index contributed by atoms with van der Waals surface area (Å²) in [6.45, 7) is 1.89. The SMILES string of the molecule is Cc1nc(SCC(=O)Nc2ncc(Cl)cc2Cl)c2c3c(sc2n1)CCCC3. The number of carbonyl (C=O) groups is 1. The van der Waals surface area contributed by atoms with E-state index < -0.39 is 0 Å². The molecule has 3 aromatic rings. The number of nitrogens with one attached hydrogen (secondary N) is 1. The highest BCUT2D eigenvalue weighted by molar-refractivity contribution is 8.00. The molecule has 0 radical (unpaired) electrons. The molecule has 0 atom stereocenters. The Labute approximate surface area is 174 Å². The topological polar surface area (TPSA) is 67.8 Å². The summed E-state index contributed by atoms with van der Waals surface area (Å²) in [5, 5.41) is 5.46. The number of rotatable bonds is 4. The highest BCUT2D eigenvalue weighted by atomic mass is 35.5. The van der Waals surface area contributed by atoms with Crippen LogP contribution in [0.2, 0.25) is 10.0 Å². The average Bonchev–Trinajstić information content (AvgIpc) is 3.00. The van der Waals surface area contributed by atoms with E-state index in [4.69, 9.17) is 23.2 Å². The van der Waals surface area contributed by atoms with Crippen LogP contribution in [-0.2, 0) is 17.6 Å². The average molecular weight is 439 g/mol. The molecule has 0 aliphatic heterocycles. The minimum absolute atomic E-state index is 0.190. The van der Waals surface area contributed by atoms with E-state index in [1.807, 2.05) is 6.92 Å². The van der Waals surface area contributed by atoms with Crippen LogP contribution in [0.5, 0.6) is 0 Å². The van der Waals surface area contributed by atoms with Gasteiger partial charge in [0.05, 0.1) is 15.8 Å². The van der Waals surface area contributed by atoms with Crippen molar-refractivity contribution in [1.82, 2.24) is 15.0 Å². The molecule has 1 aliphatic carbocycles. The number of thioether (sulfide) groups is 1. The Hall–Kier alpha value is -1.41. The van der Waals surface area contributed by atoms with Crippen molar-refractivity contribution in [2.24, 2.45) is 0 Å². The molecule has 1 N–H and O–H groups in total. The summed E-state index contributed by atoms with van der Waals surface area (Å²) in [6, 6.07) is 1.55. The van der Waals surface area contributed by atoms with Crippen LogP contribution in [0.1, 0.15) is 29.1 Å². The first-order chi connectivity index (χ1) is 13.0. The van der Waals surface area contributed by atoms with Gasteiger partial charge in [0.1, 0.15) is 15.7 Å². The van der Waals surface area contributed by atoms with Gasteiger partial charge in [0.2, 0.25) is 5.91 Å². The molecule has 0 unspecified atom stereocenters. The maximum atomic E-state index is 12.4. The second kappa shape index (κ2) is 7.91. The summed E-state index contributed by atoms with van der Waals surface area (Å²) in [7, 11) is 0. The smallest absolute Gasteiger partial charge is 0.235 e. The van der Waals surface area contributed by atoms with Crippen LogP contribution in [0.4, 0.5) is 5.82 Å². The third-order valence-corrected chi connectivity index (χ3v) is 6.95. The van der Waals surface area contributed by atoms with Gasteiger partial charge in [-0.15, -0.1) is 11.3 Å². The second-order valence-electron chi connectivity index (χ2n) is 6.29. The standard InChI is InChI=1S/C18H16Cl2N4OS2/c1-9-22-17(15-11-4-2-3-5-13(11)27-18(15)23-9)26-8-14(25)24-16-12(20)6-10(19)7-21-16/h6-7H,2-5,8H2,1H3,(H,21,24,25). The second-order valence-corrected chi connectivity index (χ2v) is 9.18. The van der Waals surface area contributed by atoms with Crippen molar-refractivity contribution in [2.75, 3.05) is 11.1 Å². The van der Waals surface area contributed by atoms with Gasteiger partial charge in [-0.25, -0.2) is 15.0 Å². The van der Waals surface area contributed by atoms with Gasteiger partial charge in [-0.2, -0.15) is 0 Å². The van der Waals surface area contributed by atoms with Crippen LogP contribution in [0.3, 0.4) is 0 Å². The highest BCUT2D eigenvalue weighted by Gasteiger charge is 2.21. The largest absolute Gasteiger partial charge is 0.309 e. The van der Waals surface area contributed by atoms with Crippen molar-refractivity contribution in [3.05, 3.63) is 38.6 Å². The number of aryl methyl sites for hydroxylation is 3. The number of anilines is 1. The Kier molecular flexibility index (Phi) is 5.55. The normalized spacial score (nSPS) is 13.6. The number of halogens is 2. The first-order valence-corrected chi connectivity index (χ1v) is 11.1. The van der Waals surface area contributed by atoms with Gasteiger partial charge in [-0.3, -0.25) is 4.79 Å². The fourth-order valence-corrected chi connectivity index (χ4v) is 5.84. The van der Waals surface area contributed by atoms with E-state index in [1.165, 1.54) is 41.2 Å². The molecule has 0 saturated carbocycles. The Morgan fingerprint density at radius 1 is 1.30 bits per heavy atom. The number of carbonyl (C=O) groups excluding carboxylic acids is 1. The van der Waals surface area contributed by atoms with Gasteiger partial charge in [-0.05, 0) is 44.2 Å². The number of pyridine rings is 1. The number of amides is 1. The summed E-state index contributed by atoms with van der Waals surface area (Å²) in [5.74, 6) is 1.07. The van der Waals surface area contributed by atoms with Crippen LogP contribution < -0.4 is 5.32 Å². The van der Waals surface area contributed by atoms with Crippen LogP contribution in [0.15, 0.2) is 17.3 Å². The van der Waals surface area contributed by atoms with Gasteiger partial charge < -0.3 is 5.32 Å². The third-order valence-electron chi connectivity index (χ3n) is 4.30. The minimum Gasteiger partial charge on any atom is -0.309 e. The van der Waals surface area contributed by atoms with Crippen molar-refractivity contribution < 1.29 is 4.79 Å². The Morgan fingerprint density at radius 3 is 2.93 bits per heavy atom. The van der Waals surface area contributed by atoms with Crippen LogP contribution in [-0.4, -0.2) is 26.6 Å². The summed E-state index contributed by atoms with van der Waals surface area (Å²) in [5.41, 5.74) is 1.37. The zero-order chi connectivity index (χ0) is 19.0. The van der Waals surface area contributed by atoms with Crippen LogP contribution in [0.25, 0.3) is 10.2 Å². The molecule has 0 aromatic carbocycles. The number of hydrogen-bond acceptors (Lipinski definition) is 6. The molecule has 140 valence electrons. The predicted molar refractivity (Wildman–Crippen MR) is 112 cm³/mol. The van der Waals surface area contributed by atoms with Gasteiger partial charge in [-0.1, -0.05) is 35.0 Å². The molecule has 5 nitrogen and oxygen atoms in total. The fourth-order valence-electron chi connectivity index (χ4n) is 3.14. The van der Waals surface area contributed by atoms with Gasteiger partial charge >= 0.3 is 0 Å². The lowest BCUT2D eigenvalue weighted by atomic mass is 9.97. The minimum atomic E-state index is -0.190. The molecule has 0 saturated heterocycles. The van der Waals surface area contributed by atoms with E-state index in [9.17, 15) is 4.79 Å². The first-order valence-electron chi connectivity index (χ1n) is 8.54. The lowest BCUT2D eigenvalue weighted by Gasteiger charge is -2.12. The van der Waals surface area contributed by atoms with E-state index >= 15 is 0 Å². The molecule has 4 rings (SSSR count). The molecule has 3 aromatic heterocycles. The zero-order valence-corrected chi connectivity index (χ0v) is 17.7. The van der Waals surface area contributed by atoms with Gasteiger partial charge in [0.15, 0.2) is 5.82 Å².